The normalized spacial score (nSPS) is 24.6. The summed E-state index contributed by atoms with van der Waals surface area (Å²) >= 11 is 0. The van der Waals surface area contributed by atoms with Gasteiger partial charge in [0.1, 0.15) is 18.2 Å². The van der Waals surface area contributed by atoms with Crippen LogP contribution in [0.5, 0.6) is 0 Å². The molecule has 41 heavy (non-hydrogen) atoms. The summed E-state index contributed by atoms with van der Waals surface area (Å²) in [4.78, 5) is 49.5. The Kier molecular flexibility index (Phi) is 11.4. The van der Waals surface area contributed by atoms with Crippen molar-refractivity contribution >= 4 is 19.6 Å². The molecule has 2 rings (SSSR count). The second-order valence-corrected chi connectivity index (χ2v) is 11.7. The molecule has 1 aliphatic heterocycles. The highest BCUT2D eigenvalue weighted by atomic mass is 31.2. The highest BCUT2D eigenvalue weighted by molar-refractivity contribution is 7.54. The van der Waals surface area contributed by atoms with E-state index >= 15 is 4.39 Å². The van der Waals surface area contributed by atoms with Gasteiger partial charge in [0.15, 0.2) is 18.0 Å². The molecule has 0 aromatic carbocycles. The Morgan fingerprint density at radius 1 is 1.10 bits per heavy atom. The summed E-state index contributed by atoms with van der Waals surface area (Å²) in [5, 5.41) is 14.9. The number of halogens is 4. The van der Waals surface area contributed by atoms with Gasteiger partial charge >= 0.3 is 25.3 Å². The Balaban J connectivity index is 2.42. The van der Waals surface area contributed by atoms with Gasteiger partial charge in [-0.05, 0) is 41.5 Å². The summed E-state index contributed by atoms with van der Waals surface area (Å²) in [6, 6.07) is -2.82. The van der Waals surface area contributed by atoms with Crippen LogP contribution < -0.4 is 21.4 Å². The van der Waals surface area contributed by atoms with Gasteiger partial charge in [0.05, 0.1) is 25.0 Å². The molecule has 14 nitrogen and oxygen atoms in total. The predicted octanol–water partition coefficient (Wildman–Crippen LogP) is 0.892. The average molecular weight is 620 g/mol. The molecule has 0 bridgehead atoms. The maximum atomic E-state index is 15.1. The molecule has 1 aromatic heterocycles. The molecule has 0 radical (unpaired) electrons. The zero-order valence-electron chi connectivity index (χ0n) is 22.9. The first-order valence-electron chi connectivity index (χ1n) is 12.3. The summed E-state index contributed by atoms with van der Waals surface area (Å²) < 4.78 is 91.6. The third-order valence-electron chi connectivity index (χ3n) is 5.59. The molecule has 1 aliphatic rings. The van der Waals surface area contributed by atoms with Crippen LogP contribution >= 0.6 is 7.67 Å². The Morgan fingerprint density at radius 2 is 1.59 bits per heavy atom. The summed E-state index contributed by atoms with van der Waals surface area (Å²) in [5.74, 6) is -3.46. The van der Waals surface area contributed by atoms with Crippen molar-refractivity contribution in [1.82, 2.24) is 19.7 Å². The van der Waals surface area contributed by atoms with Crippen molar-refractivity contribution in [3.8, 4) is 0 Å². The van der Waals surface area contributed by atoms with Gasteiger partial charge in [-0.3, -0.25) is 28.5 Å². The number of H-pyrrole nitrogens is 1. The second-order valence-electron chi connectivity index (χ2n) is 9.79. The van der Waals surface area contributed by atoms with Crippen molar-refractivity contribution in [1.29, 1.82) is 0 Å². The smallest absolute Gasteiger partial charge is 0.342 e. The fourth-order valence-corrected chi connectivity index (χ4v) is 5.43. The topological polar surface area (TPSA) is 187 Å². The van der Waals surface area contributed by atoms with Gasteiger partial charge in [0, 0.05) is 0 Å². The number of aliphatic hydroxyl groups excluding tert-OH is 1. The Morgan fingerprint density at radius 3 is 2.02 bits per heavy atom. The van der Waals surface area contributed by atoms with Crippen molar-refractivity contribution in [2.24, 2.45) is 0 Å². The molecule has 234 valence electrons. The molecular weight excluding hydrogens is 587 g/mol. The molecule has 6 atom stereocenters. The van der Waals surface area contributed by atoms with Crippen LogP contribution in [0.2, 0.25) is 0 Å². The van der Waals surface area contributed by atoms with Crippen LogP contribution in [-0.2, 0) is 32.9 Å². The monoisotopic (exact) mass is 620 g/mol. The van der Waals surface area contributed by atoms with E-state index in [1.807, 2.05) is 0 Å². The maximum Gasteiger partial charge on any atom is 0.342 e. The molecule has 0 saturated carbocycles. The Hall–Kier alpha value is -2.63. The van der Waals surface area contributed by atoms with Gasteiger partial charge in [-0.15, -0.1) is 0 Å². The van der Waals surface area contributed by atoms with Crippen molar-refractivity contribution in [2.75, 3.05) is 6.61 Å². The number of aromatic nitrogens is 2. The maximum absolute atomic E-state index is 15.1. The predicted molar refractivity (Wildman–Crippen MR) is 132 cm³/mol. The third-order valence-corrected chi connectivity index (χ3v) is 7.54. The van der Waals surface area contributed by atoms with Gasteiger partial charge in [0.2, 0.25) is 5.82 Å². The van der Waals surface area contributed by atoms with E-state index in [2.05, 4.69) is 10.2 Å². The van der Waals surface area contributed by atoms with E-state index < -0.39 is 98.1 Å². The number of aliphatic hydroxyl groups is 1. The van der Waals surface area contributed by atoms with Crippen LogP contribution in [0.25, 0.3) is 0 Å². The van der Waals surface area contributed by atoms with E-state index in [4.69, 9.17) is 18.7 Å². The van der Waals surface area contributed by atoms with E-state index in [1.54, 1.807) is 0 Å². The van der Waals surface area contributed by atoms with E-state index in [-0.39, 0.29) is 10.8 Å². The molecular formula is C22H33F4N4O10P. The van der Waals surface area contributed by atoms with Crippen LogP contribution in [0, 0.1) is 5.82 Å². The summed E-state index contributed by atoms with van der Waals surface area (Å²) in [5.41, 5.74) is -6.22. The van der Waals surface area contributed by atoms with Gasteiger partial charge in [0.25, 0.3) is 12.0 Å². The minimum atomic E-state index is -4.75. The van der Waals surface area contributed by atoms with Gasteiger partial charge < -0.3 is 23.8 Å². The quantitative estimate of drug-likeness (QED) is 0.139. The SMILES string of the molecule is CC(C)OC(=O)[C@H](C)NP(=O)(N[C@@H](C)C(=O)OC(C)C)OC[C@@]1(C(F)F)O[C@@H](n2cc(F)c(=O)[nH]c2=O)[C@H](F)[C@@H]1O. The number of nitrogens with one attached hydrogen (secondary N) is 3. The van der Waals surface area contributed by atoms with Gasteiger partial charge in [-0.1, -0.05) is 0 Å². The lowest BCUT2D eigenvalue weighted by atomic mass is 9.97. The lowest BCUT2D eigenvalue weighted by Gasteiger charge is -2.33. The van der Waals surface area contributed by atoms with Crippen LogP contribution in [0.15, 0.2) is 15.8 Å². The molecule has 0 spiro atoms. The second kappa shape index (κ2) is 13.6. The number of esters is 2. The number of rotatable bonds is 13. The molecule has 1 fully saturated rings. The van der Waals surface area contributed by atoms with E-state index in [9.17, 15) is 42.0 Å². The fourth-order valence-electron chi connectivity index (χ4n) is 3.60. The Bertz CT molecular complexity index is 1230. The lowest BCUT2D eigenvalue weighted by molar-refractivity contribution is -0.192. The number of ether oxygens (including phenoxy) is 3. The van der Waals surface area contributed by atoms with Gasteiger partial charge in [-0.25, -0.2) is 28.1 Å². The highest BCUT2D eigenvalue weighted by Gasteiger charge is 2.62. The van der Waals surface area contributed by atoms with Crippen LogP contribution in [0.3, 0.4) is 0 Å². The summed E-state index contributed by atoms with van der Waals surface area (Å²) in [7, 11) is -4.75. The molecule has 2 heterocycles. The molecule has 4 N–H and O–H groups in total. The number of aromatic amines is 1. The zero-order valence-corrected chi connectivity index (χ0v) is 23.8. The summed E-state index contributed by atoms with van der Waals surface area (Å²) in [6.45, 7) is 6.94. The van der Waals surface area contributed by atoms with Crippen LogP contribution in [0.1, 0.15) is 47.8 Å². The minimum Gasteiger partial charge on any atom is -0.462 e. The van der Waals surface area contributed by atoms with E-state index in [1.165, 1.54) is 46.5 Å². The largest absolute Gasteiger partial charge is 0.462 e. The van der Waals surface area contributed by atoms with E-state index in [0.717, 1.165) is 0 Å². The minimum absolute atomic E-state index is 0.110. The first-order valence-corrected chi connectivity index (χ1v) is 14.0. The first kappa shape index (κ1) is 34.6. The van der Waals surface area contributed by atoms with Crippen molar-refractivity contribution in [2.45, 2.75) is 96.4 Å². The summed E-state index contributed by atoms with van der Waals surface area (Å²) in [6.07, 6.45) is -12.7. The highest BCUT2D eigenvalue weighted by Crippen LogP contribution is 2.47. The number of carbonyl (C=O) groups is 2. The van der Waals surface area contributed by atoms with Crippen molar-refractivity contribution in [3.05, 3.63) is 32.9 Å². The lowest BCUT2D eigenvalue weighted by Crippen LogP contribution is -2.53. The van der Waals surface area contributed by atoms with Crippen molar-refractivity contribution in [3.63, 3.8) is 0 Å². The Labute approximate surface area is 231 Å². The number of hydrogen-bond donors (Lipinski definition) is 4. The molecule has 0 amide bonds. The number of hydrogen-bond acceptors (Lipinski definition) is 10. The number of nitrogens with zero attached hydrogens (tertiary/aromatic N) is 1. The third kappa shape index (κ3) is 8.23. The average Bonchev–Trinajstić information content (AvgIpc) is 3.10. The van der Waals surface area contributed by atoms with Gasteiger partial charge in [-0.2, -0.15) is 4.39 Å². The first-order chi connectivity index (χ1) is 18.8. The molecule has 0 aliphatic carbocycles. The fraction of sp³-hybridized carbons (Fsp3) is 0.727. The van der Waals surface area contributed by atoms with Crippen LogP contribution in [0.4, 0.5) is 17.6 Å². The molecule has 19 heteroatoms. The zero-order chi connectivity index (χ0) is 31.4. The molecule has 1 aromatic rings. The standard InChI is InChI=1S/C22H33F4N4O10P/c1-9(2)38-18(33)11(5)28-41(36,29-12(6)19(34)39-10(3)4)37-8-22(20(25)26)15(31)14(24)17(40-22)30-7-13(23)16(32)27-21(30)35/h7,9-12,14-15,17,20,31H,8H2,1-6H3,(H,27,32,35)(H2,28,29,36)/t11-,12-,14+,15-,17+,22+/m0/s1. The molecule has 0 unspecified atom stereocenters. The van der Waals surface area contributed by atoms with E-state index in [0.29, 0.717) is 0 Å². The molecule has 1 saturated heterocycles. The van der Waals surface area contributed by atoms with Crippen LogP contribution in [-0.4, -0.2) is 81.8 Å². The number of carbonyl (C=O) groups excluding carboxylic acids is 2. The number of alkyl halides is 3. The van der Waals surface area contributed by atoms with Crippen molar-refractivity contribution < 1.29 is 55.6 Å².